The molecule has 0 rings (SSSR count). The fourth-order valence-electron chi connectivity index (χ4n) is 2.09. The Morgan fingerprint density at radius 3 is 1.50 bits per heavy atom. The molecule has 0 saturated carbocycles. The molecule has 0 aromatic rings. The molecule has 0 bridgehead atoms. The minimum atomic E-state index is -0.505. The van der Waals surface area contributed by atoms with Crippen molar-refractivity contribution in [1.82, 2.24) is 0 Å². The van der Waals surface area contributed by atoms with Gasteiger partial charge in [0, 0.05) is 0 Å². The number of carbonyl (C=O) groups is 1. The van der Waals surface area contributed by atoms with E-state index in [-0.39, 0.29) is 0 Å². The highest BCUT2D eigenvalue weighted by Gasteiger charge is 2.02. The zero-order valence-electron chi connectivity index (χ0n) is 13.6. The summed E-state index contributed by atoms with van der Waals surface area (Å²) >= 11 is 0. The summed E-state index contributed by atoms with van der Waals surface area (Å²) in [5.74, 6) is 0. The third kappa shape index (κ3) is 15.3. The number of unbranched alkanes of at least 4 members (excludes halogenated alkanes) is 10. The fraction of sp³-hybridized carbons (Fsp3) is 0.941. The molecule has 0 saturated heterocycles. The Labute approximate surface area is 125 Å². The first-order valence-electron chi connectivity index (χ1n) is 8.60. The zero-order valence-corrected chi connectivity index (χ0v) is 13.6. The van der Waals surface area contributed by atoms with E-state index in [0.717, 1.165) is 25.7 Å². The van der Waals surface area contributed by atoms with Crippen LogP contribution in [0.15, 0.2) is 0 Å². The molecule has 120 valence electrons. The van der Waals surface area contributed by atoms with E-state index < -0.39 is 6.16 Å². The van der Waals surface area contributed by atoms with E-state index in [4.69, 9.17) is 9.47 Å². The molecule has 0 radical (unpaired) electrons. The van der Waals surface area contributed by atoms with Crippen LogP contribution in [0.4, 0.5) is 4.79 Å². The average molecular weight is 286 g/mol. The van der Waals surface area contributed by atoms with Gasteiger partial charge in [-0.1, -0.05) is 78.1 Å². The summed E-state index contributed by atoms with van der Waals surface area (Å²) in [7, 11) is 0. The van der Waals surface area contributed by atoms with Gasteiger partial charge in [0.25, 0.3) is 0 Å². The van der Waals surface area contributed by atoms with Gasteiger partial charge in [-0.2, -0.15) is 0 Å². The molecule has 20 heavy (non-hydrogen) atoms. The van der Waals surface area contributed by atoms with Crippen molar-refractivity contribution in [2.45, 2.75) is 90.9 Å². The van der Waals surface area contributed by atoms with E-state index in [0.29, 0.717) is 13.2 Å². The number of hydrogen-bond acceptors (Lipinski definition) is 3. The van der Waals surface area contributed by atoms with Crippen LogP contribution in [0.5, 0.6) is 0 Å². The first kappa shape index (κ1) is 19.3. The summed E-state index contributed by atoms with van der Waals surface area (Å²) in [6.07, 6.45) is 14.3. The zero-order chi connectivity index (χ0) is 14.9. The lowest BCUT2D eigenvalue weighted by Crippen LogP contribution is -2.09. The summed E-state index contributed by atoms with van der Waals surface area (Å²) in [6, 6.07) is 0. The molecule has 0 unspecified atom stereocenters. The van der Waals surface area contributed by atoms with E-state index in [1.54, 1.807) is 0 Å². The molecule has 0 aliphatic heterocycles. The van der Waals surface area contributed by atoms with Crippen LogP contribution >= 0.6 is 0 Å². The van der Waals surface area contributed by atoms with E-state index in [1.807, 2.05) is 0 Å². The quantitative estimate of drug-likeness (QED) is 0.296. The van der Waals surface area contributed by atoms with Crippen LogP contribution in [-0.2, 0) is 9.47 Å². The average Bonchev–Trinajstić information content (AvgIpc) is 2.45. The molecule has 0 aliphatic carbocycles. The minimum absolute atomic E-state index is 0.480. The lowest BCUT2D eigenvalue weighted by Gasteiger charge is -2.05. The van der Waals surface area contributed by atoms with Gasteiger partial charge in [-0.05, 0) is 12.8 Å². The van der Waals surface area contributed by atoms with E-state index >= 15 is 0 Å². The highest BCUT2D eigenvalue weighted by Crippen LogP contribution is 2.10. The van der Waals surface area contributed by atoms with Gasteiger partial charge in [0.1, 0.15) is 0 Å². The molecule has 3 heteroatoms. The lowest BCUT2D eigenvalue weighted by molar-refractivity contribution is 0.0532. The molecule has 0 aromatic heterocycles. The van der Waals surface area contributed by atoms with Gasteiger partial charge in [-0.25, -0.2) is 4.79 Å². The Morgan fingerprint density at radius 2 is 1.00 bits per heavy atom. The molecule has 0 aromatic carbocycles. The van der Waals surface area contributed by atoms with Gasteiger partial charge in [0.2, 0.25) is 0 Å². The Kier molecular flexibility index (Phi) is 15.7. The Morgan fingerprint density at radius 1 is 0.600 bits per heavy atom. The number of ether oxygens (including phenoxy) is 2. The maximum Gasteiger partial charge on any atom is 0.508 e. The Balaban J connectivity index is 3.07. The van der Waals surface area contributed by atoms with E-state index in [9.17, 15) is 4.79 Å². The number of carbonyl (C=O) groups excluding carboxylic acids is 1. The molecule has 0 spiro atoms. The molecular weight excluding hydrogens is 252 g/mol. The van der Waals surface area contributed by atoms with Crippen LogP contribution in [0.2, 0.25) is 0 Å². The molecule has 0 atom stereocenters. The number of rotatable bonds is 14. The molecule has 0 fully saturated rings. The van der Waals surface area contributed by atoms with E-state index in [1.165, 1.54) is 51.4 Å². The summed E-state index contributed by atoms with van der Waals surface area (Å²) in [5, 5.41) is 0. The van der Waals surface area contributed by atoms with Gasteiger partial charge in [0.15, 0.2) is 0 Å². The monoisotopic (exact) mass is 286 g/mol. The minimum Gasteiger partial charge on any atom is -0.434 e. The first-order chi connectivity index (χ1) is 9.81. The lowest BCUT2D eigenvalue weighted by atomic mass is 10.1. The second-order valence-corrected chi connectivity index (χ2v) is 5.48. The van der Waals surface area contributed by atoms with Crippen molar-refractivity contribution in [1.29, 1.82) is 0 Å². The van der Waals surface area contributed by atoms with Gasteiger partial charge in [0.05, 0.1) is 13.2 Å². The van der Waals surface area contributed by atoms with Crippen LogP contribution in [0.25, 0.3) is 0 Å². The molecule has 0 amide bonds. The van der Waals surface area contributed by atoms with Crippen LogP contribution in [0.1, 0.15) is 90.9 Å². The predicted octanol–water partition coefficient (Wildman–Crippen LogP) is 5.86. The molecular formula is C17H34O3. The molecule has 0 N–H and O–H groups in total. The Bertz CT molecular complexity index is 204. The fourth-order valence-corrected chi connectivity index (χ4v) is 2.09. The second-order valence-electron chi connectivity index (χ2n) is 5.48. The predicted molar refractivity (Wildman–Crippen MR) is 84.1 cm³/mol. The SMILES string of the molecule is CCCCCCCCCCCCOC(=O)OCCCC. The maximum atomic E-state index is 11.1. The van der Waals surface area contributed by atoms with Gasteiger partial charge >= 0.3 is 6.16 Å². The van der Waals surface area contributed by atoms with Gasteiger partial charge < -0.3 is 9.47 Å². The van der Waals surface area contributed by atoms with Gasteiger partial charge in [-0.3, -0.25) is 0 Å². The Hall–Kier alpha value is -0.730. The first-order valence-corrected chi connectivity index (χ1v) is 8.60. The van der Waals surface area contributed by atoms with Crippen LogP contribution in [0, 0.1) is 0 Å². The van der Waals surface area contributed by atoms with Crippen molar-refractivity contribution in [3.63, 3.8) is 0 Å². The van der Waals surface area contributed by atoms with Crippen molar-refractivity contribution in [3.8, 4) is 0 Å². The largest absolute Gasteiger partial charge is 0.508 e. The third-order valence-corrected chi connectivity index (χ3v) is 3.44. The molecule has 0 heterocycles. The highest BCUT2D eigenvalue weighted by molar-refractivity contribution is 5.59. The third-order valence-electron chi connectivity index (χ3n) is 3.44. The van der Waals surface area contributed by atoms with Crippen LogP contribution in [0.3, 0.4) is 0 Å². The second kappa shape index (κ2) is 16.3. The summed E-state index contributed by atoms with van der Waals surface area (Å²) in [6.45, 7) is 5.30. The van der Waals surface area contributed by atoms with Crippen molar-refractivity contribution < 1.29 is 14.3 Å². The molecule has 0 aliphatic rings. The summed E-state index contributed by atoms with van der Waals surface area (Å²) in [4.78, 5) is 11.1. The normalized spacial score (nSPS) is 10.5. The summed E-state index contributed by atoms with van der Waals surface area (Å²) in [5.41, 5.74) is 0. The van der Waals surface area contributed by atoms with Crippen molar-refractivity contribution in [3.05, 3.63) is 0 Å². The summed E-state index contributed by atoms with van der Waals surface area (Å²) < 4.78 is 9.91. The highest BCUT2D eigenvalue weighted by atomic mass is 16.7. The number of hydrogen-bond donors (Lipinski definition) is 0. The van der Waals surface area contributed by atoms with Crippen molar-refractivity contribution in [2.24, 2.45) is 0 Å². The topological polar surface area (TPSA) is 35.5 Å². The van der Waals surface area contributed by atoms with Crippen LogP contribution in [-0.4, -0.2) is 19.4 Å². The van der Waals surface area contributed by atoms with E-state index in [2.05, 4.69) is 13.8 Å². The smallest absolute Gasteiger partial charge is 0.434 e. The molecule has 3 nitrogen and oxygen atoms in total. The van der Waals surface area contributed by atoms with Crippen molar-refractivity contribution in [2.75, 3.05) is 13.2 Å². The van der Waals surface area contributed by atoms with Gasteiger partial charge in [-0.15, -0.1) is 0 Å². The van der Waals surface area contributed by atoms with Crippen molar-refractivity contribution >= 4 is 6.16 Å². The maximum absolute atomic E-state index is 11.1. The van der Waals surface area contributed by atoms with Crippen LogP contribution < -0.4 is 0 Å². The standard InChI is InChI=1S/C17H34O3/c1-3-5-7-8-9-10-11-12-13-14-16-20-17(18)19-15-6-4-2/h3-16H2,1-2H3.